The fourth-order valence-corrected chi connectivity index (χ4v) is 3.25. The van der Waals surface area contributed by atoms with Crippen molar-refractivity contribution in [3.63, 3.8) is 0 Å². The van der Waals surface area contributed by atoms with Crippen molar-refractivity contribution in [3.05, 3.63) is 41.6 Å². The van der Waals surface area contributed by atoms with Gasteiger partial charge in [0.25, 0.3) is 0 Å². The van der Waals surface area contributed by atoms with E-state index in [2.05, 4.69) is 44.2 Å². The van der Waals surface area contributed by atoms with Crippen molar-refractivity contribution in [1.29, 1.82) is 0 Å². The van der Waals surface area contributed by atoms with E-state index in [4.69, 9.17) is 4.98 Å². The van der Waals surface area contributed by atoms with Gasteiger partial charge in [-0.3, -0.25) is 4.98 Å². The molecule has 1 aliphatic rings. The Bertz CT molecular complexity index is 565. The molecule has 1 nitrogen and oxygen atoms in total. The summed E-state index contributed by atoms with van der Waals surface area (Å²) in [7, 11) is 0. The summed E-state index contributed by atoms with van der Waals surface area (Å²) in [6.07, 6.45) is 6.67. The lowest BCUT2D eigenvalue weighted by atomic mass is 9.73. The van der Waals surface area contributed by atoms with Gasteiger partial charge in [-0.2, -0.15) is 0 Å². The summed E-state index contributed by atoms with van der Waals surface area (Å²) in [6, 6.07) is 10.8. The van der Waals surface area contributed by atoms with E-state index in [9.17, 15) is 0 Å². The number of hydrogen-bond acceptors (Lipinski definition) is 1. The van der Waals surface area contributed by atoms with Crippen LogP contribution in [0.2, 0.25) is 0 Å². The van der Waals surface area contributed by atoms with E-state index >= 15 is 0 Å². The van der Waals surface area contributed by atoms with Crippen molar-refractivity contribution in [2.24, 2.45) is 0 Å². The Kier molecular flexibility index (Phi) is 2.85. The van der Waals surface area contributed by atoms with Crippen molar-refractivity contribution in [2.75, 3.05) is 0 Å². The predicted octanol–water partition coefficient (Wildman–Crippen LogP) is 4.77. The first-order valence-electron chi connectivity index (χ1n) is 7.06. The number of para-hydroxylation sites is 1. The van der Waals surface area contributed by atoms with Gasteiger partial charge in [0.2, 0.25) is 0 Å². The highest BCUT2D eigenvalue weighted by atomic mass is 14.7. The van der Waals surface area contributed by atoms with Crippen LogP contribution in [0.4, 0.5) is 0 Å². The van der Waals surface area contributed by atoms with E-state index in [-0.39, 0.29) is 0 Å². The molecule has 1 aliphatic carbocycles. The Morgan fingerprint density at radius 3 is 2.56 bits per heavy atom. The zero-order chi connectivity index (χ0) is 12.6. The number of benzene rings is 1. The van der Waals surface area contributed by atoms with Crippen LogP contribution < -0.4 is 0 Å². The summed E-state index contributed by atoms with van der Waals surface area (Å²) in [5, 5.41) is 1.29. The minimum Gasteiger partial charge on any atom is -0.252 e. The number of aromatic nitrogens is 1. The van der Waals surface area contributed by atoms with Crippen molar-refractivity contribution in [2.45, 2.75) is 51.4 Å². The van der Waals surface area contributed by atoms with E-state index in [0.29, 0.717) is 5.41 Å². The number of rotatable bonds is 1. The van der Waals surface area contributed by atoms with E-state index in [1.165, 1.54) is 48.7 Å². The summed E-state index contributed by atoms with van der Waals surface area (Å²) in [5.74, 6) is 0. The second-order valence-electron chi connectivity index (χ2n) is 5.96. The molecule has 1 heteroatoms. The summed E-state index contributed by atoms with van der Waals surface area (Å²) >= 11 is 0. The average Bonchev–Trinajstić information content (AvgIpc) is 2.39. The summed E-state index contributed by atoms with van der Waals surface area (Å²) in [4.78, 5) is 4.93. The van der Waals surface area contributed by atoms with Gasteiger partial charge in [-0.25, -0.2) is 0 Å². The van der Waals surface area contributed by atoms with Crippen molar-refractivity contribution in [1.82, 2.24) is 4.98 Å². The maximum absolute atomic E-state index is 4.93. The molecule has 0 aliphatic heterocycles. The van der Waals surface area contributed by atoms with Gasteiger partial charge in [-0.1, -0.05) is 44.4 Å². The number of pyridine rings is 1. The zero-order valence-electron chi connectivity index (χ0n) is 11.4. The molecule has 0 unspecified atom stereocenters. The fourth-order valence-electron chi connectivity index (χ4n) is 3.25. The fraction of sp³-hybridized carbons (Fsp3) is 0.471. The summed E-state index contributed by atoms with van der Waals surface area (Å²) in [6.45, 7) is 4.60. The molecule has 0 saturated heterocycles. The molecule has 0 bridgehead atoms. The SMILES string of the molecule is Cc1cc(C2(C)CCCCC2)nc2ccccc12. The van der Waals surface area contributed by atoms with Crippen LogP contribution in [0.1, 0.15) is 50.3 Å². The lowest BCUT2D eigenvalue weighted by molar-refractivity contribution is 0.313. The second kappa shape index (κ2) is 4.38. The van der Waals surface area contributed by atoms with Crippen LogP contribution >= 0.6 is 0 Å². The molecule has 0 radical (unpaired) electrons. The van der Waals surface area contributed by atoms with Gasteiger partial charge in [0.05, 0.1) is 5.52 Å². The quantitative estimate of drug-likeness (QED) is 0.699. The molecule has 0 atom stereocenters. The monoisotopic (exact) mass is 239 g/mol. The molecule has 0 N–H and O–H groups in total. The van der Waals surface area contributed by atoms with Gasteiger partial charge >= 0.3 is 0 Å². The lowest BCUT2D eigenvalue weighted by Crippen LogP contribution is -2.26. The van der Waals surface area contributed by atoms with E-state index < -0.39 is 0 Å². The molecule has 1 heterocycles. The Morgan fingerprint density at radius 1 is 1.06 bits per heavy atom. The highest BCUT2D eigenvalue weighted by Crippen LogP contribution is 2.39. The third-order valence-electron chi connectivity index (χ3n) is 4.50. The minimum atomic E-state index is 0.299. The van der Waals surface area contributed by atoms with Gasteiger partial charge < -0.3 is 0 Å². The van der Waals surface area contributed by atoms with Gasteiger partial charge in [0.15, 0.2) is 0 Å². The maximum atomic E-state index is 4.93. The topological polar surface area (TPSA) is 12.9 Å². The van der Waals surface area contributed by atoms with Crippen molar-refractivity contribution in [3.8, 4) is 0 Å². The molecule has 0 spiro atoms. The first-order chi connectivity index (χ1) is 8.69. The molecule has 1 saturated carbocycles. The molecule has 1 aromatic heterocycles. The summed E-state index contributed by atoms with van der Waals surface area (Å²) in [5.41, 5.74) is 4.12. The summed E-state index contributed by atoms with van der Waals surface area (Å²) < 4.78 is 0. The van der Waals surface area contributed by atoms with E-state index in [1.807, 2.05) is 0 Å². The Hall–Kier alpha value is -1.37. The molecular formula is C17H21N. The molecule has 94 valence electrons. The standard InChI is InChI=1S/C17H21N/c1-13-12-16(17(2)10-6-3-7-11-17)18-15-9-5-4-8-14(13)15/h4-5,8-9,12H,3,6-7,10-11H2,1-2H3. The maximum Gasteiger partial charge on any atom is 0.0708 e. The highest BCUT2D eigenvalue weighted by molar-refractivity contribution is 5.82. The molecule has 18 heavy (non-hydrogen) atoms. The third kappa shape index (κ3) is 1.92. The normalized spacial score (nSPS) is 19.0. The van der Waals surface area contributed by atoms with Crippen LogP contribution in [0.15, 0.2) is 30.3 Å². The van der Waals surface area contributed by atoms with Crippen molar-refractivity contribution < 1.29 is 0 Å². The Morgan fingerprint density at radius 2 is 1.78 bits per heavy atom. The molecular weight excluding hydrogens is 218 g/mol. The van der Waals surface area contributed by atoms with Crippen LogP contribution in [0.5, 0.6) is 0 Å². The van der Waals surface area contributed by atoms with Crippen LogP contribution in [0, 0.1) is 6.92 Å². The number of nitrogens with zero attached hydrogens (tertiary/aromatic N) is 1. The molecule has 1 aromatic carbocycles. The Balaban J connectivity index is 2.12. The van der Waals surface area contributed by atoms with Crippen LogP contribution in [-0.2, 0) is 5.41 Å². The smallest absolute Gasteiger partial charge is 0.0708 e. The average molecular weight is 239 g/mol. The minimum absolute atomic E-state index is 0.299. The molecule has 1 fully saturated rings. The van der Waals surface area contributed by atoms with Gasteiger partial charge in [0.1, 0.15) is 0 Å². The third-order valence-corrected chi connectivity index (χ3v) is 4.50. The molecule has 0 amide bonds. The van der Waals surface area contributed by atoms with Crippen LogP contribution in [-0.4, -0.2) is 4.98 Å². The number of fused-ring (bicyclic) bond motifs is 1. The number of hydrogen-bond donors (Lipinski definition) is 0. The first kappa shape index (κ1) is 11.7. The van der Waals surface area contributed by atoms with Gasteiger partial charge in [0, 0.05) is 16.5 Å². The zero-order valence-corrected chi connectivity index (χ0v) is 11.4. The van der Waals surface area contributed by atoms with Gasteiger partial charge in [-0.15, -0.1) is 0 Å². The predicted molar refractivity (Wildman–Crippen MR) is 76.9 cm³/mol. The van der Waals surface area contributed by atoms with Gasteiger partial charge in [-0.05, 0) is 37.5 Å². The lowest BCUT2D eigenvalue weighted by Gasteiger charge is -2.33. The molecule has 2 aromatic rings. The van der Waals surface area contributed by atoms with Crippen LogP contribution in [0.25, 0.3) is 10.9 Å². The highest BCUT2D eigenvalue weighted by Gasteiger charge is 2.30. The van der Waals surface area contributed by atoms with E-state index in [1.54, 1.807) is 0 Å². The van der Waals surface area contributed by atoms with E-state index in [0.717, 1.165) is 5.52 Å². The Labute approximate surface area is 109 Å². The van der Waals surface area contributed by atoms with Crippen molar-refractivity contribution >= 4 is 10.9 Å². The largest absolute Gasteiger partial charge is 0.252 e. The first-order valence-corrected chi connectivity index (χ1v) is 7.06. The molecule has 3 rings (SSSR count). The second-order valence-corrected chi connectivity index (χ2v) is 5.96. The van der Waals surface area contributed by atoms with Crippen LogP contribution in [0.3, 0.4) is 0 Å². The number of aryl methyl sites for hydroxylation is 1.